The monoisotopic (exact) mass is 207 g/mol. The highest BCUT2D eigenvalue weighted by atomic mass is 16.5. The van der Waals surface area contributed by atoms with Crippen LogP contribution in [0.3, 0.4) is 0 Å². The maximum Gasteiger partial charge on any atom is 0.316 e. The van der Waals surface area contributed by atoms with Crippen molar-refractivity contribution in [3.05, 3.63) is 18.0 Å². The first-order valence-electron chi connectivity index (χ1n) is 5.46. The molecule has 1 unspecified atom stereocenters. The zero-order valence-electron chi connectivity index (χ0n) is 9.23. The maximum absolute atomic E-state index is 5.47. The number of hydrogen-bond acceptors (Lipinski definition) is 4. The average molecular weight is 207 g/mol. The largest absolute Gasteiger partial charge is 0.461 e. The van der Waals surface area contributed by atoms with E-state index in [0.717, 1.165) is 25.2 Å². The van der Waals surface area contributed by atoms with Crippen LogP contribution in [-0.2, 0) is 0 Å². The summed E-state index contributed by atoms with van der Waals surface area (Å²) < 4.78 is 5.47. The van der Waals surface area contributed by atoms with Crippen LogP contribution in [0.4, 0.5) is 0 Å². The Morgan fingerprint density at radius 1 is 1.53 bits per heavy atom. The number of nitrogens with zero attached hydrogens (tertiary/aromatic N) is 2. The SMILES string of the molecule is CC(C)Oc1nccc(C2CCNC2)n1. The molecule has 1 aromatic rings. The van der Waals surface area contributed by atoms with Crippen molar-refractivity contribution in [1.82, 2.24) is 15.3 Å². The van der Waals surface area contributed by atoms with Crippen molar-refractivity contribution in [3.63, 3.8) is 0 Å². The van der Waals surface area contributed by atoms with Crippen LogP contribution in [0.2, 0.25) is 0 Å². The van der Waals surface area contributed by atoms with Gasteiger partial charge in [0.2, 0.25) is 0 Å². The average Bonchev–Trinajstić information content (AvgIpc) is 2.69. The molecule has 0 saturated carbocycles. The third-order valence-electron chi connectivity index (χ3n) is 2.47. The standard InChI is InChI=1S/C11H17N3O/c1-8(2)15-11-13-6-4-10(14-11)9-3-5-12-7-9/h4,6,8-9,12H,3,5,7H2,1-2H3. The van der Waals surface area contributed by atoms with Crippen LogP contribution in [0.1, 0.15) is 31.9 Å². The number of ether oxygens (including phenoxy) is 1. The molecule has 1 atom stereocenters. The summed E-state index contributed by atoms with van der Waals surface area (Å²) in [6.07, 6.45) is 3.05. The highest BCUT2D eigenvalue weighted by Crippen LogP contribution is 2.21. The van der Waals surface area contributed by atoms with E-state index in [1.165, 1.54) is 0 Å². The fourth-order valence-corrected chi connectivity index (χ4v) is 1.76. The molecule has 0 aliphatic carbocycles. The molecule has 4 heteroatoms. The van der Waals surface area contributed by atoms with Gasteiger partial charge in [0.05, 0.1) is 11.8 Å². The molecule has 15 heavy (non-hydrogen) atoms. The summed E-state index contributed by atoms with van der Waals surface area (Å²) in [6, 6.07) is 2.47. The van der Waals surface area contributed by atoms with Crippen molar-refractivity contribution in [2.24, 2.45) is 0 Å². The minimum absolute atomic E-state index is 0.127. The molecule has 1 N–H and O–H groups in total. The molecule has 0 radical (unpaired) electrons. The summed E-state index contributed by atoms with van der Waals surface area (Å²) in [4.78, 5) is 8.52. The number of nitrogens with one attached hydrogen (secondary N) is 1. The fraction of sp³-hybridized carbons (Fsp3) is 0.636. The highest BCUT2D eigenvalue weighted by molar-refractivity contribution is 5.12. The minimum atomic E-state index is 0.127. The Labute approximate surface area is 90.1 Å². The molecular weight excluding hydrogens is 190 g/mol. The molecule has 82 valence electrons. The molecule has 0 amide bonds. The fourth-order valence-electron chi connectivity index (χ4n) is 1.76. The van der Waals surface area contributed by atoms with Crippen molar-refractivity contribution in [1.29, 1.82) is 0 Å². The van der Waals surface area contributed by atoms with E-state index in [9.17, 15) is 0 Å². The lowest BCUT2D eigenvalue weighted by Gasteiger charge is -2.11. The van der Waals surface area contributed by atoms with Crippen molar-refractivity contribution < 1.29 is 4.74 Å². The molecule has 0 spiro atoms. The van der Waals surface area contributed by atoms with Crippen LogP contribution >= 0.6 is 0 Å². The topological polar surface area (TPSA) is 47.0 Å². The van der Waals surface area contributed by atoms with Crippen LogP contribution in [-0.4, -0.2) is 29.2 Å². The van der Waals surface area contributed by atoms with Crippen LogP contribution in [0, 0.1) is 0 Å². The molecule has 1 saturated heterocycles. The van der Waals surface area contributed by atoms with E-state index in [4.69, 9.17) is 4.74 Å². The summed E-state index contributed by atoms with van der Waals surface area (Å²) in [5.41, 5.74) is 1.09. The summed E-state index contributed by atoms with van der Waals surface area (Å²) in [5, 5.41) is 3.33. The van der Waals surface area contributed by atoms with Gasteiger partial charge in [-0.25, -0.2) is 4.98 Å². The molecular formula is C11H17N3O. The van der Waals surface area contributed by atoms with Gasteiger partial charge in [0.15, 0.2) is 0 Å². The van der Waals surface area contributed by atoms with Gasteiger partial charge in [-0.2, -0.15) is 4.98 Å². The Morgan fingerprint density at radius 2 is 2.40 bits per heavy atom. The van der Waals surface area contributed by atoms with Gasteiger partial charge < -0.3 is 10.1 Å². The van der Waals surface area contributed by atoms with E-state index < -0.39 is 0 Å². The second-order valence-corrected chi connectivity index (χ2v) is 4.12. The first-order chi connectivity index (χ1) is 7.25. The van der Waals surface area contributed by atoms with Gasteiger partial charge in [-0.1, -0.05) is 0 Å². The lowest BCUT2D eigenvalue weighted by molar-refractivity contribution is 0.221. The van der Waals surface area contributed by atoms with Crippen molar-refractivity contribution >= 4 is 0 Å². The molecule has 2 heterocycles. The van der Waals surface area contributed by atoms with E-state index >= 15 is 0 Å². The van der Waals surface area contributed by atoms with Crippen LogP contribution in [0.5, 0.6) is 6.01 Å². The van der Waals surface area contributed by atoms with Crippen LogP contribution in [0.15, 0.2) is 12.3 Å². The Hall–Kier alpha value is -1.16. The van der Waals surface area contributed by atoms with E-state index in [-0.39, 0.29) is 6.10 Å². The second-order valence-electron chi connectivity index (χ2n) is 4.12. The molecule has 1 aliphatic rings. The molecule has 2 rings (SSSR count). The highest BCUT2D eigenvalue weighted by Gasteiger charge is 2.18. The normalized spacial score (nSPS) is 20.9. The Bertz CT molecular complexity index is 321. The maximum atomic E-state index is 5.47. The number of hydrogen-bond donors (Lipinski definition) is 1. The van der Waals surface area contributed by atoms with Gasteiger partial charge in [-0.15, -0.1) is 0 Å². The van der Waals surface area contributed by atoms with E-state index in [1.807, 2.05) is 19.9 Å². The number of aromatic nitrogens is 2. The molecule has 0 bridgehead atoms. The molecule has 1 fully saturated rings. The Morgan fingerprint density at radius 3 is 3.07 bits per heavy atom. The lowest BCUT2D eigenvalue weighted by atomic mass is 10.1. The van der Waals surface area contributed by atoms with Crippen molar-refractivity contribution in [3.8, 4) is 6.01 Å². The minimum Gasteiger partial charge on any atom is -0.461 e. The van der Waals surface area contributed by atoms with Crippen molar-refractivity contribution in [2.45, 2.75) is 32.3 Å². The molecule has 1 aromatic heterocycles. The van der Waals surface area contributed by atoms with Gasteiger partial charge >= 0.3 is 6.01 Å². The Balaban J connectivity index is 2.11. The zero-order valence-corrected chi connectivity index (χ0v) is 9.23. The van der Waals surface area contributed by atoms with Crippen LogP contribution in [0.25, 0.3) is 0 Å². The Kier molecular flexibility index (Phi) is 3.16. The van der Waals surface area contributed by atoms with E-state index in [0.29, 0.717) is 11.9 Å². The zero-order chi connectivity index (χ0) is 10.7. The number of rotatable bonds is 3. The summed E-state index contributed by atoms with van der Waals surface area (Å²) in [6.45, 7) is 6.05. The third kappa shape index (κ3) is 2.65. The lowest BCUT2D eigenvalue weighted by Crippen LogP contribution is -2.12. The summed E-state index contributed by atoms with van der Waals surface area (Å²) in [7, 11) is 0. The summed E-state index contributed by atoms with van der Waals surface area (Å²) >= 11 is 0. The van der Waals surface area contributed by atoms with Gasteiger partial charge in [-0.05, 0) is 32.9 Å². The van der Waals surface area contributed by atoms with E-state index in [2.05, 4.69) is 15.3 Å². The van der Waals surface area contributed by atoms with Gasteiger partial charge in [0, 0.05) is 18.7 Å². The van der Waals surface area contributed by atoms with Crippen molar-refractivity contribution in [2.75, 3.05) is 13.1 Å². The molecule has 4 nitrogen and oxygen atoms in total. The molecule has 0 aromatic carbocycles. The predicted octanol–water partition coefficient (Wildman–Crippen LogP) is 1.34. The van der Waals surface area contributed by atoms with Gasteiger partial charge in [-0.3, -0.25) is 0 Å². The summed E-state index contributed by atoms with van der Waals surface area (Å²) in [5.74, 6) is 0.516. The quantitative estimate of drug-likeness (QED) is 0.812. The van der Waals surface area contributed by atoms with Gasteiger partial charge in [0.1, 0.15) is 0 Å². The first-order valence-corrected chi connectivity index (χ1v) is 5.46. The molecule has 1 aliphatic heterocycles. The third-order valence-corrected chi connectivity index (χ3v) is 2.47. The second kappa shape index (κ2) is 4.57. The van der Waals surface area contributed by atoms with Gasteiger partial charge in [0.25, 0.3) is 0 Å². The first kappa shape index (κ1) is 10.4. The van der Waals surface area contributed by atoms with E-state index in [1.54, 1.807) is 6.20 Å². The van der Waals surface area contributed by atoms with Crippen LogP contribution < -0.4 is 10.1 Å². The smallest absolute Gasteiger partial charge is 0.316 e. The predicted molar refractivity (Wildman–Crippen MR) is 58.0 cm³/mol.